The maximum Gasteiger partial charge on any atom is 0.119 e. The van der Waals surface area contributed by atoms with E-state index in [1.54, 1.807) is 18.4 Å². The molecule has 0 spiro atoms. The number of aromatic nitrogens is 3. The lowest BCUT2D eigenvalue weighted by Crippen LogP contribution is -2.21. The van der Waals surface area contributed by atoms with Gasteiger partial charge in [0.25, 0.3) is 0 Å². The van der Waals surface area contributed by atoms with Crippen molar-refractivity contribution in [1.82, 2.24) is 19.7 Å². The van der Waals surface area contributed by atoms with Crippen LogP contribution in [0.4, 0.5) is 0 Å². The summed E-state index contributed by atoms with van der Waals surface area (Å²) in [5, 5.41) is 8.45. The average molecular weight is 407 g/mol. The van der Waals surface area contributed by atoms with Gasteiger partial charge in [0.05, 0.1) is 19.3 Å². The van der Waals surface area contributed by atoms with Crippen molar-refractivity contribution in [2.24, 2.45) is 11.8 Å². The number of thiazole rings is 1. The van der Waals surface area contributed by atoms with Crippen LogP contribution in [0.5, 0.6) is 5.75 Å². The SMILES string of the molecule is COc1cccc(-c2nn(CC3CC3)c3c2[C@H]2CN(Cc4nccs4)C[C@H]2C3)c1. The van der Waals surface area contributed by atoms with E-state index in [-0.39, 0.29) is 0 Å². The first-order valence-corrected chi connectivity index (χ1v) is 11.5. The summed E-state index contributed by atoms with van der Waals surface area (Å²) >= 11 is 1.76. The summed E-state index contributed by atoms with van der Waals surface area (Å²) < 4.78 is 7.84. The summed E-state index contributed by atoms with van der Waals surface area (Å²) in [7, 11) is 1.73. The molecule has 0 bridgehead atoms. The molecule has 2 fully saturated rings. The summed E-state index contributed by atoms with van der Waals surface area (Å²) in [5.41, 5.74) is 5.38. The third kappa shape index (κ3) is 3.19. The highest BCUT2D eigenvalue weighted by Gasteiger charge is 2.44. The first-order valence-electron chi connectivity index (χ1n) is 10.6. The standard InChI is InChI=1S/C23H26N4OS/c1-28-18-4-2-3-16(9-18)23-22-19-13-26(14-21-24-7-8-29-21)12-17(19)10-20(22)27(25-23)11-15-5-6-15/h2-4,7-9,15,17,19H,5-6,10-14H2,1H3/t17-,19+/m1/s1. The topological polar surface area (TPSA) is 43.2 Å². The molecule has 3 aliphatic rings. The zero-order valence-corrected chi connectivity index (χ0v) is 17.6. The predicted octanol–water partition coefficient (Wildman–Crippen LogP) is 4.20. The first-order chi connectivity index (χ1) is 14.3. The van der Waals surface area contributed by atoms with Crippen LogP contribution in [0.2, 0.25) is 0 Å². The van der Waals surface area contributed by atoms with Gasteiger partial charge in [-0.25, -0.2) is 4.98 Å². The van der Waals surface area contributed by atoms with E-state index >= 15 is 0 Å². The van der Waals surface area contributed by atoms with Crippen molar-refractivity contribution in [1.29, 1.82) is 0 Å². The van der Waals surface area contributed by atoms with Crippen LogP contribution in [-0.2, 0) is 19.5 Å². The van der Waals surface area contributed by atoms with E-state index in [0.29, 0.717) is 11.8 Å². The molecule has 1 saturated carbocycles. The fourth-order valence-corrected chi connectivity index (χ4v) is 5.85. The second-order valence-electron chi connectivity index (χ2n) is 8.76. The van der Waals surface area contributed by atoms with Gasteiger partial charge < -0.3 is 4.74 Å². The molecule has 2 atom stereocenters. The normalized spacial score (nSPS) is 23.3. The van der Waals surface area contributed by atoms with Crippen LogP contribution >= 0.6 is 11.3 Å². The minimum absolute atomic E-state index is 0.583. The van der Waals surface area contributed by atoms with Gasteiger partial charge in [0.15, 0.2) is 0 Å². The molecule has 6 heteroatoms. The molecule has 0 amide bonds. The fraction of sp³-hybridized carbons (Fsp3) is 0.478. The monoisotopic (exact) mass is 406 g/mol. The number of rotatable bonds is 6. The Morgan fingerprint density at radius 2 is 2.17 bits per heavy atom. The van der Waals surface area contributed by atoms with Crippen LogP contribution < -0.4 is 4.74 Å². The van der Waals surface area contributed by atoms with Gasteiger partial charge >= 0.3 is 0 Å². The Kier molecular flexibility index (Phi) is 4.24. The quantitative estimate of drug-likeness (QED) is 0.615. The van der Waals surface area contributed by atoms with Crippen molar-refractivity contribution in [3.8, 4) is 17.0 Å². The van der Waals surface area contributed by atoms with Crippen LogP contribution in [-0.4, -0.2) is 39.9 Å². The molecule has 29 heavy (non-hydrogen) atoms. The number of fused-ring (bicyclic) bond motifs is 3. The molecular weight excluding hydrogens is 380 g/mol. The van der Waals surface area contributed by atoms with E-state index in [9.17, 15) is 0 Å². The number of nitrogens with zero attached hydrogens (tertiary/aromatic N) is 4. The van der Waals surface area contributed by atoms with E-state index in [1.165, 1.54) is 46.9 Å². The zero-order chi connectivity index (χ0) is 19.4. The maximum atomic E-state index is 5.49. The number of likely N-dealkylation sites (tertiary alicyclic amines) is 1. The first kappa shape index (κ1) is 17.7. The Morgan fingerprint density at radius 3 is 2.97 bits per heavy atom. The Morgan fingerprint density at radius 1 is 1.24 bits per heavy atom. The lowest BCUT2D eigenvalue weighted by atomic mass is 9.94. The van der Waals surface area contributed by atoms with Crippen LogP contribution in [0.3, 0.4) is 0 Å². The van der Waals surface area contributed by atoms with E-state index < -0.39 is 0 Å². The number of methoxy groups -OCH3 is 1. The molecule has 150 valence electrons. The van der Waals surface area contributed by atoms with Crippen LogP contribution in [0.15, 0.2) is 35.8 Å². The molecule has 3 heterocycles. The molecule has 3 aromatic rings. The summed E-state index contributed by atoms with van der Waals surface area (Å²) in [4.78, 5) is 7.08. The molecule has 0 radical (unpaired) electrons. The van der Waals surface area contributed by atoms with Crippen molar-refractivity contribution >= 4 is 11.3 Å². The Hall–Kier alpha value is -2.18. The Bertz CT molecular complexity index is 1020. The summed E-state index contributed by atoms with van der Waals surface area (Å²) in [6, 6.07) is 8.41. The lowest BCUT2D eigenvalue weighted by Gasteiger charge is -2.15. The smallest absolute Gasteiger partial charge is 0.119 e. The van der Waals surface area contributed by atoms with E-state index in [1.807, 2.05) is 12.3 Å². The second kappa shape index (κ2) is 6.96. The van der Waals surface area contributed by atoms with E-state index in [4.69, 9.17) is 9.84 Å². The molecule has 2 aliphatic carbocycles. The number of benzene rings is 1. The molecule has 1 saturated heterocycles. The zero-order valence-electron chi connectivity index (χ0n) is 16.8. The Balaban J connectivity index is 1.35. The molecule has 0 unspecified atom stereocenters. The van der Waals surface area contributed by atoms with Gasteiger partial charge in [0.1, 0.15) is 10.8 Å². The van der Waals surface area contributed by atoms with Gasteiger partial charge in [-0.05, 0) is 43.2 Å². The third-order valence-corrected chi connectivity index (χ3v) is 7.52. The van der Waals surface area contributed by atoms with Gasteiger partial charge in [-0.15, -0.1) is 11.3 Å². The van der Waals surface area contributed by atoms with Crippen molar-refractivity contribution in [2.45, 2.75) is 38.3 Å². The Labute approximate surface area is 175 Å². The van der Waals surface area contributed by atoms with Crippen LogP contribution in [0, 0.1) is 11.8 Å². The van der Waals surface area contributed by atoms with E-state index in [2.05, 4.69) is 38.1 Å². The highest BCUT2D eigenvalue weighted by Crippen LogP contribution is 2.48. The molecule has 1 aliphatic heterocycles. The molecule has 6 rings (SSSR count). The third-order valence-electron chi connectivity index (χ3n) is 6.75. The van der Waals surface area contributed by atoms with Crippen LogP contribution in [0.1, 0.15) is 35.0 Å². The van der Waals surface area contributed by atoms with Crippen molar-refractivity contribution < 1.29 is 4.74 Å². The van der Waals surface area contributed by atoms with Gasteiger partial charge in [0.2, 0.25) is 0 Å². The fourth-order valence-electron chi connectivity index (χ4n) is 5.19. The van der Waals surface area contributed by atoms with Crippen molar-refractivity contribution in [2.75, 3.05) is 20.2 Å². The number of hydrogen-bond acceptors (Lipinski definition) is 5. The molecule has 0 N–H and O–H groups in total. The second-order valence-corrected chi connectivity index (χ2v) is 9.74. The largest absolute Gasteiger partial charge is 0.497 e. The van der Waals surface area contributed by atoms with Gasteiger partial charge in [-0.1, -0.05) is 12.1 Å². The highest BCUT2D eigenvalue weighted by molar-refractivity contribution is 7.09. The predicted molar refractivity (Wildman–Crippen MR) is 114 cm³/mol. The summed E-state index contributed by atoms with van der Waals surface area (Å²) in [5.74, 6) is 3.02. The average Bonchev–Trinajstić information content (AvgIpc) is 3.07. The molecule has 2 aromatic heterocycles. The highest BCUT2D eigenvalue weighted by atomic mass is 32.1. The van der Waals surface area contributed by atoms with Crippen LogP contribution in [0.25, 0.3) is 11.3 Å². The minimum Gasteiger partial charge on any atom is -0.497 e. The van der Waals surface area contributed by atoms with Gasteiger partial charge in [-0.2, -0.15) is 5.10 Å². The number of hydrogen-bond donors (Lipinski definition) is 0. The molecule has 5 nitrogen and oxygen atoms in total. The summed E-state index contributed by atoms with van der Waals surface area (Å²) in [6.07, 6.45) is 5.80. The van der Waals surface area contributed by atoms with Crippen molar-refractivity contribution in [3.63, 3.8) is 0 Å². The van der Waals surface area contributed by atoms with E-state index in [0.717, 1.165) is 37.7 Å². The molecular formula is C23H26N4OS. The molecule has 1 aromatic carbocycles. The van der Waals surface area contributed by atoms with Gasteiger partial charge in [-0.3, -0.25) is 9.58 Å². The van der Waals surface area contributed by atoms with Crippen molar-refractivity contribution in [3.05, 3.63) is 52.1 Å². The number of ether oxygens (including phenoxy) is 1. The summed E-state index contributed by atoms with van der Waals surface area (Å²) in [6.45, 7) is 4.35. The lowest BCUT2D eigenvalue weighted by molar-refractivity contribution is 0.312. The maximum absolute atomic E-state index is 5.49. The minimum atomic E-state index is 0.583. The van der Waals surface area contributed by atoms with Gasteiger partial charge in [0, 0.05) is 53.9 Å².